The molecule has 1 atom stereocenters. The summed E-state index contributed by atoms with van der Waals surface area (Å²) < 4.78 is 6.92. The molecule has 0 saturated carbocycles. The molecular formula is C21H26ClN3O3. The van der Waals surface area contributed by atoms with E-state index >= 15 is 0 Å². The van der Waals surface area contributed by atoms with Crippen molar-refractivity contribution in [3.05, 3.63) is 58.4 Å². The van der Waals surface area contributed by atoms with Crippen LogP contribution in [0.1, 0.15) is 37.1 Å². The molecule has 0 saturated heterocycles. The van der Waals surface area contributed by atoms with Crippen molar-refractivity contribution in [1.29, 1.82) is 0 Å². The minimum atomic E-state index is -0.716. The molecule has 28 heavy (non-hydrogen) atoms. The summed E-state index contributed by atoms with van der Waals surface area (Å²) in [6.45, 7) is 5.95. The third kappa shape index (κ3) is 6.23. The zero-order chi connectivity index (χ0) is 20.7. The zero-order valence-corrected chi connectivity index (χ0v) is 17.4. The lowest BCUT2D eigenvalue weighted by atomic mass is 10.0. The van der Waals surface area contributed by atoms with Gasteiger partial charge in [-0.2, -0.15) is 5.10 Å². The molecule has 0 aliphatic heterocycles. The summed E-state index contributed by atoms with van der Waals surface area (Å²) in [6, 6.07) is 8.71. The fraction of sp³-hybridized carbons (Fsp3) is 0.381. The number of ether oxygens (including phenoxy) is 1. The largest absolute Gasteiger partial charge is 0.459 e. The quantitative estimate of drug-likeness (QED) is 0.539. The molecular weight excluding hydrogens is 378 g/mol. The van der Waals surface area contributed by atoms with E-state index in [2.05, 4.69) is 10.4 Å². The zero-order valence-electron chi connectivity index (χ0n) is 16.6. The molecule has 2 aromatic rings. The highest BCUT2D eigenvalue weighted by Crippen LogP contribution is 2.20. The molecule has 1 heterocycles. The van der Waals surface area contributed by atoms with Crippen molar-refractivity contribution in [2.45, 2.75) is 39.8 Å². The van der Waals surface area contributed by atoms with E-state index in [4.69, 9.17) is 16.3 Å². The molecule has 1 aromatic heterocycles. The summed E-state index contributed by atoms with van der Waals surface area (Å²) in [5, 5.41) is 7.37. The summed E-state index contributed by atoms with van der Waals surface area (Å²) in [4.78, 5) is 24.8. The van der Waals surface area contributed by atoms with E-state index in [0.29, 0.717) is 17.1 Å². The van der Waals surface area contributed by atoms with E-state index < -0.39 is 12.0 Å². The maximum absolute atomic E-state index is 12.5. The number of hydrogen-bond acceptors (Lipinski definition) is 4. The van der Waals surface area contributed by atoms with Crippen LogP contribution in [0.15, 0.2) is 36.4 Å². The minimum absolute atomic E-state index is 0.171. The summed E-state index contributed by atoms with van der Waals surface area (Å²) in [6.07, 6.45) is 3.44. The van der Waals surface area contributed by atoms with Crippen molar-refractivity contribution in [3.8, 4) is 0 Å². The topological polar surface area (TPSA) is 73.2 Å². The Morgan fingerprint density at radius 3 is 2.54 bits per heavy atom. The standard InChI is InChI=1S/C21H26ClN3O3/c1-14(2)12-18(21(27)28-13-16-8-6-5-7-9-16)23-19(26)11-10-17-15(3)24-25(4)20(17)22/h5-11,14,18H,12-13H2,1-4H3,(H,23,26)/b11-10+/t18-/m0/s1. The second kappa shape index (κ2) is 10.1. The number of hydrogen-bond donors (Lipinski definition) is 1. The van der Waals surface area contributed by atoms with Gasteiger partial charge in [-0.1, -0.05) is 55.8 Å². The van der Waals surface area contributed by atoms with E-state index in [-0.39, 0.29) is 18.4 Å². The normalized spacial score (nSPS) is 12.4. The van der Waals surface area contributed by atoms with Crippen molar-refractivity contribution in [2.24, 2.45) is 13.0 Å². The molecule has 150 valence electrons. The number of halogens is 1. The molecule has 0 radical (unpaired) electrons. The number of carbonyl (C=O) groups is 2. The first-order valence-electron chi connectivity index (χ1n) is 9.16. The Morgan fingerprint density at radius 2 is 1.96 bits per heavy atom. The van der Waals surface area contributed by atoms with Gasteiger partial charge in [-0.3, -0.25) is 9.48 Å². The van der Waals surface area contributed by atoms with Gasteiger partial charge in [-0.15, -0.1) is 0 Å². The van der Waals surface area contributed by atoms with Crippen molar-refractivity contribution >= 4 is 29.6 Å². The maximum atomic E-state index is 12.5. The molecule has 0 fully saturated rings. The number of rotatable bonds is 8. The first-order valence-corrected chi connectivity index (χ1v) is 9.54. The van der Waals surface area contributed by atoms with Gasteiger partial charge in [0.2, 0.25) is 5.91 Å². The second-order valence-electron chi connectivity index (χ2n) is 7.03. The third-order valence-electron chi connectivity index (χ3n) is 4.13. The number of nitrogens with one attached hydrogen (secondary N) is 1. The summed E-state index contributed by atoms with van der Waals surface area (Å²) in [5.74, 6) is -0.620. The molecule has 0 spiro atoms. The van der Waals surface area contributed by atoms with Gasteiger partial charge in [0.25, 0.3) is 0 Å². The first kappa shape index (κ1) is 21.7. The lowest BCUT2D eigenvalue weighted by molar-refractivity contribution is -0.149. The number of benzene rings is 1. The fourth-order valence-corrected chi connectivity index (χ4v) is 2.97. The van der Waals surface area contributed by atoms with Gasteiger partial charge in [-0.25, -0.2) is 4.79 Å². The average molecular weight is 404 g/mol. The van der Waals surface area contributed by atoms with Gasteiger partial charge in [0.15, 0.2) is 0 Å². The van der Waals surface area contributed by atoms with Crippen molar-refractivity contribution in [2.75, 3.05) is 0 Å². The van der Waals surface area contributed by atoms with E-state index in [1.54, 1.807) is 13.1 Å². The summed E-state index contributed by atoms with van der Waals surface area (Å²) >= 11 is 6.17. The predicted octanol–water partition coefficient (Wildman–Crippen LogP) is 3.67. The molecule has 7 heteroatoms. The number of aromatic nitrogens is 2. The van der Waals surface area contributed by atoms with Crippen LogP contribution in [0.25, 0.3) is 6.08 Å². The predicted molar refractivity (Wildman–Crippen MR) is 110 cm³/mol. The van der Waals surface area contributed by atoms with Gasteiger partial charge in [0.1, 0.15) is 17.8 Å². The molecule has 0 unspecified atom stereocenters. The number of amides is 1. The van der Waals surface area contributed by atoms with Crippen LogP contribution in [0.5, 0.6) is 0 Å². The molecule has 1 amide bonds. The Morgan fingerprint density at radius 1 is 1.29 bits per heavy atom. The Kier molecular flexibility index (Phi) is 7.81. The maximum Gasteiger partial charge on any atom is 0.328 e. The van der Waals surface area contributed by atoms with Crippen molar-refractivity contribution in [3.63, 3.8) is 0 Å². The van der Waals surface area contributed by atoms with Gasteiger partial charge in [0.05, 0.1) is 5.69 Å². The van der Waals surface area contributed by atoms with Crippen LogP contribution in [-0.4, -0.2) is 27.7 Å². The van der Waals surface area contributed by atoms with Crippen LogP contribution in [-0.2, 0) is 28.0 Å². The van der Waals surface area contributed by atoms with Crippen LogP contribution in [0.3, 0.4) is 0 Å². The summed E-state index contributed by atoms with van der Waals surface area (Å²) in [5.41, 5.74) is 2.29. The summed E-state index contributed by atoms with van der Waals surface area (Å²) in [7, 11) is 1.73. The monoisotopic (exact) mass is 403 g/mol. The Balaban J connectivity index is 2.00. The van der Waals surface area contributed by atoms with E-state index in [9.17, 15) is 9.59 Å². The van der Waals surface area contributed by atoms with E-state index in [1.165, 1.54) is 10.8 Å². The van der Waals surface area contributed by atoms with Crippen LogP contribution in [0.4, 0.5) is 0 Å². The van der Waals surface area contributed by atoms with E-state index in [0.717, 1.165) is 11.3 Å². The number of carbonyl (C=O) groups excluding carboxylic acids is 2. The molecule has 1 aromatic carbocycles. The van der Waals surface area contributed by atoms with Gasteiger partial charge >= 0.3 is 5.97 Å². The highest BCUT2D eigenvalue weighted by molar-refractivity contribution is 6.31. The lowest BCUT2D eigenvalue weighted by Crippen LogP contribution is -2.42. The molecule has 0 aliphatic carbocycles. The van der Waals surface area contributed by atoms with Crippen LogP contribution >= 0.6 is 11.6 Å². The molecule has 0 bridgehead atoms. The SMILES string of the molecule is Cc1nn(C)c(Cl)c1/C=C/C(=O)N[C@@H](CC(C)C)C(=O)OCc1ccccc1. The first-order chi connectivity index (χ1) is 13.3. The van der Waals surface area contributed by atoms with Gasteiger partial charge in [-0.05, 0) is 30.9 Å². The van der Waals surface area contributed by atoms with Crippen LogP contribution in [0, 0.1) is 12.8 Å². The number of esters is 1. The average Bonchev–Trinajstić information content (AvgIpc) is 2.89. The number of nitrogens with zero attached hydrogens (tertiary/aromatic N) is 2. The Hall–Kier alpha value is -2.60. The second-order valence-corrected chi connectivity index (χ2v) is 7.39. The minimum Gasteiger partial charge on any atom is -0.459 e. The Labute approximate surface area is 170 Å². The van der Waals surface area contributed by atoms with Gasteiger partial charge < -0.3 is 10.1 Å². The third-order valence-corrected chi connectivity index (χ3v) is 4.58. The van der Waals surface area contributed by atoms with Gasteiger partial charge in [0, 0.05) is 18.7 Å². The van der Waals surface area contributed by atoms with Crippen LogP contribution in [0.2, 0.25) is 5.15 Å². The fourth-order valence-electron chi connectivity index (χ4n) is 2.73. The van der Waals surface area contributed by atoms with E-state index in [1.807, 2.05) is 51.1 Å². The molecule has 1 N–H and O–H groups in total. The van der Waals surface area contributed by atoms with Crippen molar-refractivity contribution < 1.29 is 14.3 Å². The smallest absolute Gasteiger partial charge is 0.328 e. The molecule has 2 rings (SSSR count). The van der Waals surface area contributed by atoms with Crippen molar-refractivity contribution in [1.82, 2.24) is 15.1 Å². The molecule has 6 nitrogen and oxygen atoms in total. The van der Waals surface area contributed by atoms with Crippen LogP contribution < -0.4 is 5.32 Å². The number of aryl methyl sites for hydroxylation is 2. The lowest BCUT2D eigenvalue weighted by Gasteiger charge is -2.18. The Bertz CT molecular complexity index is 844. The highest BCUT2D eigenvalue weighted by Gasteiger charge is 2.23. The molecule has 0 aliphatic rings. The highest BCUT2D eigenvalue weighted by atomic mass is 35.5.